The largest absolute Gasteiger partial charge is 0.476 e. The average molecular weight is 272 g/mol. The molecule has 0 fully saturated rings. The van der Waals surface area contributed by atoms with Crippen LogP contribution in [0.1, 0.15) is 13.8 Å². The van der Waals surface area contributed by atoms with Gasteiger partial charge < -0.3 is 9.47 Å². The summed E-state index contributed by atoms with van der Waals surface area (Å²) in [4.78, 5) is 11.8. The fourth-order valence-electron chi connectivity index (χ4n) is 1.23. The van der Waals surface area contributed by atoms with Gasteiger partial charge in [-0.1, -0.05) is 0 Å². The second-order valence-corrected chi connectivity index (χ2v) is 5.18. The first-order valence-electron chi connectivity index (χ1n) is 5.56. The summed E-state index contributed by atoms with van der Waals surface area (Å²) in [5.74, 6) is 0.407. The normalized spacial score (nSPS) is 11.1. The van der Waals surface area contributed by atoms with Crippen molar-refractivity contribution in [2.75, 3.05) is 18.6 Å². The van der Waals surface area contributed by atoms with Crippen LogP contribution in [0, 0.1) is 5.82 Å². The number of benzene rings is 1. The molecule has 1 rings (SSSR count). The molecule has 18 heavy (non-hydrogen) atoms. The lowest BCUT2D eigenvalue weighted by molar-refractivity contribution is -0.158. The molecule has 0 unspecified atom stereocenters. The Morgan fingerprint density at radius 3 is 2.50 bits per heavy atom. The van der Waals surface area contributed by atoms with E-state index in [-0.39, 0.29) is 5.82 Å². The molecule has 0 N–H and O–H groups in total. The van der Waals surface area contributed by atoms with Gasteiger partial charge in [-0.05, 0) is 44.4 Å². The van der Waals surface area contributed by atoms with Crippen molar-refractivity contribution in [2.24, 2.45) is 0 Å². The zero-order valence-electron chi connectivity index (χ0n) is 10.7. The van der Waals surface area contributed by atoms with E-state index in [2.05, 4.69) is 0 Å². The van der Waals surface area contributed by atoms with Gasteiger partial charge in [-0.3, -0.25) is 0 Å². The van der Waals surface area contributed by atoms with Crippen LogP contribution < -0.4 is 4.74 Å². The minimum absolute atomic E-state index is 0.345. The number of thioether (sulfide) groups is 1. The van der Waals surface area contributed by atoms with Crippen LogP contribution in [0.2, 0.25) is 0 Å². The van der Waals surface area contributed by atoms with E-state index in [1.165, 1.54) is 24.3 Å². The van der Waals surface area contributed by atoms with E-state index in [1.807, 2.05) is 6.26 Å². The van der Waals surface area contributed by atoms with Gasteiger partial charge in [0, 0.05) is 5.75 Å². The van der Waals surface area contributed by atoms with Gasteiger partial charge in [0.15, 0.2) is 5.60 Å². The molecule has 3 nitrogen and oxygen atoms in total. The summed E-state index contributed by atoms with van der Waals surface area (Å²) in [6.45, 7) is 3.60. The summed E-state index contributed by atoms with van der Waals surface area (Å²) < 4.78 is 23.3. The molecule has 100 valence electrons. The van der Waals surface area contributed by atoms with Gasteiger partial charge in [0.1, 0.15) is 18.2 Å². The van der Waals surface area contributed by atoms with E-state index in [1.54, 1.807) is 25.6 Å². The molecule has 0 aliphatic rings. The first-order chi connectivity index (χ1) is 8.45. The second kappa shape index (κ2) is 6.64. The molecule has 0 aliphatic carbocycles. The van der Waals surface area contributed by atoms with Crippen molar-refractivity contribution in [3.8, 4) is 5.75 Å². The standard InChI is InChI=1S/C13H17FO3S/c1-13(2,12(15)16-8-9-18-3)17-11-6-4-10(14)5-7-11/h4-7H,8-9H2,1-3H3. The molecule has 1 aromatic rings. The van der Waals surface area contributed by atoms with Gasteiger partial charge in [-0.2, -0.15) is 11.8 Å². The minimum atomic E-state index is -1.09. The first-order valence-corrected chi connectivity index (χ1v) is 6.96. The topological polar surface area (TPSA) is 35.5 Å². The highest BCUT2D eigenvalue weighted by molar-refractivity contribution is 7.98. The average Bonchev–Trinajstić information content (AvgIpc) is 2.32. The maximum atomic E-state index is 12.7. The Balaban J connectivity index is 2.57. The van der Waals surface area contributed by atoms with Crippen molar-refractivity contribution >= 4 is 17.7 Å². The second-order valence-electron chi connectivity index (χ2n) is 4.20. The lowest BCUT2D eigenvalue weighted by atomic mass is 10.1. The van der Waals surface area contributed by atoms with E-state index in [0.717, 1.165) is 5.75 Å². The SMILES string of the molecule is CSCCOC(=O)C(C)(C)Oc1ccc(F)cc1. The highest BCUT2D eigenvalue weighted by Gasteiger charge is 2.31. The highest BCUT2D eigenvalue weighted by atomic mass is 32.2. The molecule has 0 saturated carbocycles. The van der Waals surface area contributed by atoms with Crippen LogP contribution in [-0.4, -0.2) is 30.2 Å². The monoisotopic (exact) mass is 272 g/mol. The van der Waals surface area contributed by atoms with Crippen molar-refractivity contribution in [3.05, 3.63) is 30.1 Å². The molecular weight excluding hydrogens is 255 g/mol. The van der Waals surface area contributed by atoms with Crippen LogP contribution in [0.25, 0.3) is 0 Å². The van der Waals surface area contributed by atoms with E-state index in [9.17, 15) is 9.18 Å². The van der Waals surface area contributed by atoms with Crippen molar-refractivity contribution < 1.29 is 18.7 Å². The molecule has 0 aliphatic heterocycles. The Morgan fingerprint density at radius 1 is 1.33 bits per heavy atom. The first kappa shape index (κ1) is 14.8. The van der Waals surface area contributed by atoms with E-state index >= 15 is 0 Å². The molecule has 0 spiro atoms. The number of esters is 1. The molecule has 0 atom stereocenters. The fraction of sp³-hybridized carbons (Fsp3) is 0.462. The Bertz CT molecular complexity index is 390. The van der Waals surface area contributed by atoms with Crippen molar-refractivity contribution in [3.63, 3.8) is 0 Å². The smallest absolute Gasteiger partial charge is 0.349 e. The number of carbonyl (C=O) groups is 1. The third kappa shape index (κ3) is 4.56. The van der Waals surface area contributed by atoms with Crippen molar-refractivity contribution in [2.45, 2.75) is 19.4 Å². The highest BCUT2D eigenvalue weighted by Crippen LogP contribution is 2.19. The number of ether oxygens (including phenoxy) is 2. The summed E-state index contributed by atoms with van der Waals surface area (Å²) in [6.07, 6.45) is 1.94. The molecule has 5 heteroatoms. The molecule has 0 heterocycles. The summed E-state index contributed by atoms with van der Waals surface area (Å²) in [6, 6.07) is 5.52. The number of halogens is 1. The van der Waals surface area contributed by atoms with E-state index in [4.69, 9.17) is 9.47 Å². The number of carbonyl (C=O) groups excluding carboxylic acids is 1. The maximum absolute atomic E-state index is 12.7. The molecule has 0 radical (unpaired) electrons. The fourth-order valence-corrected chi connectivity index (χ4v) is 1.48. The Hall–Kier alpha value is -1.23. The van der Waals surface area contributed by atoms with Crippen molar-refractivity contribution in [1.82, 2.24) is 0 Å². The van der Waals surface area contributed by atoms with Crippen LogP contribution in [0.5, 0.6) is 5.75 Å². The lowest BCUT2D eigenvalue weighted by Crippen LogP contribution is -2.40. The van der Waals surface area contributed by atoms with E-state index < -0.39 is 11.6 Å². The molecule has 0 aromatic heterocycles. The van der Waals surface area contributed by atoms with Crippen LogP contribution in [0.4, 0.5) is 4.39 Å². The molecular formula is C13H17FO3S. The van der Waals surface area contributed by atoms with Crippen LogP contribution in [0.15, 0.2) is 24.3 Å². The van der Waals surface area contributed by atoms with Crippen molar-refractivity contribution in [1.29, 1.82) is 0 Å². The molecule has 1 aromatic carbocycles. The van der Waals surface area contributed by atoms with Crippen LogP contribution >= 0.6 is 11.8 Å². The summed E-state index contributed by atoms with van der Waals surface area (Å²) in [7, 11) is 0. The zero-order valence-corrected chi connectivity index (χ0v) is 11.6. The maximum Gasteiger partial charge on any atom is 0.349 e. The summed E-state index contributed by atoms with van der Waals surface area (Å²) in [5, 5.41) is 0. The van der Waals surface area contributed by atoms with Gasteiger partial charge in [-0.25, -0.2) is 9.18 Å². The van der Waals surface area contributed by atoms with Gasteiger partial charge in [-0.15, -0.1) is 0 Å². The number of hydrogen-bond acceptors (Lipinski definition) is 4. The Morgan fingerprint density at radius 2 is 1.94 bits per heavy atom. The molecule has 0 saturated heterocycles. The summed E-state index contributed by atoms with van der Waals surface area (Å²) in [5.41, 5.74) is -1.09. The van der Waals surface area contributed by atoms with Gasteiger partial charge >= 0.3 is 5.97 Å². The lowest BCUT2D eigenvalue weighted by Gasteiger charge is -2.24. The van der Waals surface area contributed by atoms with Gasteiger partial charge in [0.2, 0.25) is 0 Å². The third-order valence-electron chi connectivity index (χ3n) is 2.20. The Labute approximate surface area is 111 Å². The Kier molecular flexibility index (Phi) is 5.47. The zero-order chi connectivity index (χ0) is 13.6. The molecule has 0 amide bonds. The molecule has 0 bridgehead atoms. The minimum Gasteiger partial charge on any atom is -0.476 e. The van der Waals surface area contributed by atoms with E-state index in [0.29, 0.717) is 12.4 Å². The van der Waals surface area contributed by atoms with Gasteiger partial charge in [0.25, 0.3) is 0 Å². The van der Waals surface area contributed by atoms with Crippen LogP contribution in [-0.2, 0) is 9.53 Å². The summed E-state index contributed by atoms with van der Waals surface area (Å²) >= 11 is 1.60. The number of hydrogen-bond donors (Lipinski definition) is 0. The van der Waals surface area contributed by atoms with Gasteiger partial charge in [0.05, 0.1) is 0 Å². The number of rotatable bonds is 6. The van der Waals surface area contributed by atoms with Crippen LogP contribution in [0.3, 0.4) is 0 Å². The predicted octanol–water partition coefficient (Wildman–Crippen LogP) is 2.89. The quantitative estimate of drug-likeness (QED) is 0.589. The predicted molar refractivity (Wildman–Crippen MR) is 70.4 cm³/mol. The third-order valence-corrected chi connectivity index (χ3v) is 2.77.